The Morgan fingerprint density at radius 2 is 1.71 bits per heavy atom. The molecule has 112 valence electrons. The fraction of sp³-hybridized carbons (Fsp3) is 0.200. The zero-order valence-electron chi connectivity index (χ0n) is 11.3. The first-order valence-corrected chi connectivity index (χ1v) is 7.47. The second-order valence-corrected chi connectivity index (χ2v) is 5.56. The third-order valence-corrected chi connectivity index (χ3v) is 3.68. The molecule has 0 aliphatic heterocycles. The van der Waals surface area contributed by atoms with Gasteiger partial charge in [0.05, 0.1) is 21.7 Å². The summed E-state index contributed by atoms with van der Waals surface area (Å²) in [7, 11) is 0. The van der Waals surface area contributed by atoms with Crippen molar-refractivity contribution in [1.29, 1.82) is 0 Å². The monoisotopic (exact) mass is 345 g/mol. The minimum absolute atomic E-state index is 0.118. The summed E-state index contributed by atoms with van der Waals surface area (Å²) in [5.41, 5.74) is 1.71. The highest BCUT2D eigenvalue weighted by Crippen LogP contribution is 2.35. The number of hydrogen-bond acceptors (Lipinski definition) is 3. The molecule has 2 N–H and O–H groups in total. The zero-order chi connectivity index (χ0) is 15.4. The molecule has 0 radical (unpaired) electrons. The first kappa shape index (κ1) is 16.1. The van der Waals surface area contributed by atoms with Gasteiger partial charge < -0.3 is 15.2 Å². The number of phenols is 1. The van der Waals surface area contributed by atoms with Crippen LogP contribution in [0, 0.1) is 0 Å². The van der Waals surface area contributed by atoms with Gasteiger partial charge in [0.25, 0.3) is 0 Å². The molecule has 0 aliphatic carbocycles. The first-order valence-electron chi connectivity index (χ1n) is 6.34. The summed E-state index contributed by atoms with van der Waals surface area (Å²) in [5, 5.41) is 13.7. The highest BCUT2D eigenvalue weighted by atomic mass is 35.5. The van der Waals surface area contributed by atoms with Gasteiger partial charge in [-0.25, -0.2) is 0 Å². The van der Waals surface area contributed by atoms with E-state index in [4.69, 9.17) is 39.5 Å². The van der Waals surface area contributed by atoms with Gasteiger partial charge in [-0.3, -0.25) is 0 Å². The SMILES string of the molecule is CCOc1ccc(CNc2cc(Cl)c(O)c(Cl)c2)cc1Cl. The number of benzene rings is 2. The third kappa shape index (κ3) is 4.10. The van der Waals surface area contributed by atoms with Crippen LogP contribution in [0.25, 0.3) is 0 Å². The Balaban J connectivity index is 2.08. The maximum absolute atomic E-state index is 9.51. The highest BCUT2D eigenvalue weighted by Gasteiger charge is 2.07. The summed E-state index contributed by atoms with van der Waals surface area (Å²) in [4.78, 5) is 0. The molecule has 0 fully saturated rings. The summed E-state index contributed by atoms with van der Waals surface area (Å²) in [6.45, 7) is 3.02. The number of aromatic hydroxyl groups is 1. The molecule has 0 aliphatic rings. The lowest BCUT2D eigenvalue weighted by molar-refractivity contribution is 0.340. The molecule has 0 bridgehead atoms. The minimum Gasteiger partial charge on any atom is -0.505 e. The molecule has 0 aromatic heterocycles. The van der Waals surface area contributed by atoms with Crippen molar-refractivity contribution in [2.75, 3.05) is 11.9 Å². The van der Waals surface area contributed by atoms with Crippen molar-refractivity contribution >= 4 is 40.5 Å². The van der Waals surface area contributed by atoms with Crippen LogP contribution < -0.4 is 10.1 Å². The lowest BCUT2D eigenvalue weighted by atomic mass is 10.2. The molecule has 0 heterocycles. The van der Waals surface area contributed by atoms with Crippen molar-refractivity contribution in [3.63, 3.8) is 0 Å². The van der Waals surface area contributed by atoms with Crippen LogP contribution in [0.1, 0.15) is 12.5 Å². The molecule has 0 atom stereocenters. The predicted molar refractivity (Wildman–Crippen MR) is 88.1 cm³/mol. The van der Waals surface area contributed by atoms with Crippen molar-refractivity contribution in [2.24, 2.45) is 0 Å². The van der Waals surface area contributed by atoms with Crippen molar-refractivity contribution < 1.29 is 9.84 Å². The van der Waals surface area contributed by atoms with E-state index in [-0.39, 0.29) is 15.8 Å². The molecule has 0 amide bonds. The van der Waals surface area contributed by atoms with Crippen LogP contribution in [0.15, 0.2) is 30.3 Å². The fourth-order valence-corrected chi connectivity index (χ4v) is 2.54. The quantitative estimate of drug-likeness (QED) is 0.716. The Hall–Kier alpha value is -1.29. The van der Waals surface area contributed by atoms with Gasteiger partial charge in [0.2, 0.25) is 0 Å². The molecule has 3 nitrogen and oxygen atoms in total. The van der Waals surface area contributed by atoms with E-state index >= 15 is 0 Å². The fourth-order valence-electron chi connectivity index (χ4n) is 1.80. The number of nitrogens with one attached hydrogen (secondary N) is 1. The average molecular weight is 347 g/mol. The summed E-state index contributed by atoms with van der Waals surface area (Å²) in [5.74, 6) is 0.548. The van der Waals surface area contributed by atoms with Crippen molar-refractivity contribution in [2.45, 2.75) is 13.5 Å². The molecule has 2 rings (SSSR count). The standard InChI is InChI=1S/C15H14Cl3NO2/c1-2-21-14-4-3-9(5-11(14)16)8-19-10-6-12(17)15(20)13(18)7-10/h3-7,19-20H,2,8H2,1H3. The topological polar surface area (TPSA) is 41.5 Å². The molecule has 2 aromatic carbocycles. The molecule has 6 heteroatoms. The van der Waals surface area contributed by atoms with E-state index in [1.54, 1.807) is 12.1 Å². The van der Waals surface area contributed by atoms with Gasteiger partial charge in [-0.1, -0.05) is 40.9 Å². The Labute approximate surface area is 138 Å². The van der Waals surface area contributed by atoms with Crippen LogP contribution in [0.4, 0.5) is 5.69 Å². The summed E-state index contributed by atoms with van der Waals surface area (Å²) in [6, 6.07) is 8.81. The lowest BCUT2D eigenvalue weighted by Gasteiger charge is -2.11. The summed E-state index contributed by atoms with van der Waals surface area (Å²) >= 11 is 17.9. The van der Waals surface area contributed by atoms with E-state index in [1.807, 2.05) is 25.1 Å². The molecular formula is C15H14Cl3NO2. The highest BCUT2D eigenvalue weighted by molar-refractivity contribution is 6.37. The van der Waals surface area contributed by atoms with Gasteiger partial charge in [0, 0.05) is 12.2 Å². The second-order valence-electron chi connectivity index (χ2n) is 4.34. The number of hydrogen-bond donors (Lipinski definition) is 2. The van der Waals surface area contributed by atoms with Gasteiger partial charge in [-0.2, -0.15) is 0 Å². The number of halogens is 3. The lowest BCUT2D eigenvalue weighted by Crippen LogP contribution is -2.00. The maximum Gasteiger partial charge on any atom is 0.152 e. The van der Waals surface area contributed by atoms with E-state index < -0.39 is 0 Å². The summed E-state index contributed by atoms with van der Waals surface area (Å²) in [6.07, 6.45) is 0. The Kier molecular flexibility index (Phi) is 5.45. The van der Waals surface area contributed by atoms with Gasteiger partial charge in [0.1, 0.15) is 5.75 Å². The maximum atomic E-state index is 9.51. The van der Waals surface area contributed by atoms with Crippen molar-refractivity contribution in [3.05, 3.63) is 51.0 Å². The third-order valence-electron chi connectivity index (χ3n) is 2.81. The number of phenolic OH excluding ortho intramolecular Hbond substituents is 1. The van der Waals surface area contributed by atoms with E-state index in [0.29, 0.717) is 29.6 Å². The van der Waals surface area contributed by atoms with Gasteiger partial charge in [-0.15, -0.1) is 0 Å². The Morgan fingerprint density at radius 1 is 1.05 bits per heavy atom. The zero-order valence-corrected chi connectivity index (χ0v) is 13.6. The predicted octanol–water partition coefficient (Wildman–Crippen LogP) is 5.36. The van der Waals surface area contributed by atoms with Gasteiger partial charge in [-0.05, 0) is 36.8 Å². The van der Waals surface area contributed by atoms with Crippen molar-refractivity contribution in [3.8, 4) is 11.5 Å². The number of ether oxygens (including phenoxy) is 1. The molecule has 0 unspecified atom stereocenters. The first-order chi connectivity index (χ1) is 10.0. The molecule has 0 saturated heterocycles. The molecule has 21 heavy (non-hydrogen) atoms. The Bertz CT molecular complexity index is 624. The van der Waals surface area contributed by atoms with Gasteiger partial charge >= 0.3 is 0 Å². The largest absolute Gasteiger partial charge is 0.505 e. The normalized spacial score (nSPS) is 10.5. The Morgan fingerprint density at radius 3 is 2.29 bits per heavy atom. The van der Waals surface area contributed by atoms with Crippen LogP contribution in [0.2, 0.25) is 15.1 Å². The van der Waals surface area contributed by atoms with E-state index in [1.165, 1.54) is 0 Å². The van der Waals surface area contributed by atoms with E-state index in [2.05, 4.69) is 5.32 Å². The van der Waals surface area contributed by atoms with E-state index in [0.717, 1.165) is 5.56 Å². The number of anilines is 1. The number of rotatable bonds is 5. The molecule has 2 aromatic rings. The van der Waals surface area contributed by atoms with E-state index in [9.17, 15) is 5.11 Å². The minimum atomic E-state index is -0.118. The molecule has 0 spiro atoms. The second kappa shape index (κ2) is 7.12. The smallest absolute Gasteiger partial charge is 0.152 e. The molecule has 0 saturated carbocycles. The van der Waals surface area contributed by atoms with Crippen LogP contribution in [0.3, 0.4) is 0 Å². The van der Waals surface area contributed by atoms with Crippen LogP contribution in [-0.4, -0.2) is 11.7 Å². The summed E-state index contributed by atoms with van der Waals surface area (Å²) < 4.78 is 5.38. The van der Waals surface area contributed by atoms with Crippen LogP contribution in [-0.2, 0) is 6.54 Å². The van der Waals surface area contributed by atoms with Gasteiger partial charge in [0.15, 0.2) is 5.75 Å². The van der Waals surface area contributed by atoms with Crippen LogP contribution >= 0.6 is 34.8 Å². The molecular weight excluding hydrogens is 333 g/mol. The average Bonchev–Trinajstić information content (AvgIpc) is 2.45. The van der Waals surface area contributed by atoms with Crippen molar-refractivity contribution in [1.82, 2.24) is 0 Å². The van der Waals surface area contributed by atoms with Crippen LogP contribution in [0.5, 0.6) is 11.5 Å².